The molecule has 2 N–H and O–H groups in total. The Bertz CT molecular complexity index is 863. The van der Waals surface area contributed by atoms with Gasteiger partial charge in [-0.25, -0.2) is 9.47 Å². The minimum Gasteiger partial charge on any atom is -0.465 e. The Hall–Kier alpha value is -2.87. The van der Waals surface area contributed by atoms with Crippen molar-refractivity contribution in [3.05, 3.63) is 58.8 Å². The highest BCUT2D eigenvalue weighted by Gasteiger charge is 2.08. The van der Waals surface area contributed by atoms with E-state index in [0.717, 1.165) is 11.3 Å². The molecule has 0 aliphatic heterocycles. The number of benzene rings is 1. The van der Waals surface area contributed by atoms with E-state index in [1.54, 1.807) is 23.1 Å². The summed E-state index contributed by atoms with van der Waals surface area (Å²) in [5.41, 5.74) is 4.45. The lowest BCUT2D eigenvalue weighted by Crippen LogP contribution is -2.12. The zero-order valence-electron chi connectivity index (χ0n) is 12.3. The van der Waals surface area contributed by atoms with Gasteiger partial charge in [-0.15, -0.1) is 0 Å². The van der Waals surface area contributed by atoms with Crippen LogP contribution in [0.3, 0.4) is 0 Å². The summed E-state index contributed by atoms with van der Waals surface area (Å²) in [4.78, 5) is 11.4. The molecule has 0 bridgehead atoms. The van der Waals surface area contributed by atoms with E-state index in [2.05, 4.69) is 20.4 Å². The predicted molar refractivity (Wildman–Crippen MR) is 86.0 cm³/mol. The quantitative estimate of drug-likeness (QED) is 0.553. The van der Waals surface area contributed by atoms with Gasteiger partial charge in [-0.1, -0.05) is 12.1 Å². The van der Waals surface area contributed by atoms with Crippen LogP contribution in [0.1, 0.15) is 16.1 Å². The molecule has 8 heteroatoms. The molecule has 3 rings (SSSR count). The molecule has 1 aromatic carbocycles. The van der Waals surface area contributed by atoms with Crippen molar-refractivity contribution < 1.29 is 13.9 Å². The Morgan fingerprint density at radius 1 is 1.35 bits per heavy atom. The molecule has 0 spiro atoms. The third-order valence-corrected chi connectivity index (χ3v) is 3.52. The fraction of sp³-hybridized carbons (Fsp3) is 0.133. The lowest BCUT2D eigenvalue weighted by Gasteiger charge is -2.03. The van der Waals surface area contributed by atoms with E-state index in [-0.39, 0.29) is 5.97 Å². The van der Waals surface area contributed by atoms with E-state index in [9.17, 15) is 4.79 Å². The molecule has 0 aliphatic carbocycles. The minimum atomic E-state index is -0.363. The molecule has 0 fully saturated rings. The molecule has 0 aliphatic rings. The molecular weight excluding hydrogens is 316 g/mol. The van der Waals surface area contributed by atoms with Gasteiger partial charge in [0.25, 0.3) is 0 Å². The number of ether oxygens (including phenoxy) is 1. The van der Waals surface area contributed by atoms with E-state index in [1.807, 2.05) is 24.3 Å². The standard InChI is InChI=1S/C15H14N4O3S/c1-21-14(20)11-4-2-10(3-5-11)13-7-6-12(22-13)8-17-19-9-16-18-15(19)23/h2-7,9,17H,8H2,1H3,(H,18,23). The van der Waals surface area contributed by atoms with Crippen LogP contribution < -0.4 is 5.43 Å². The Morgan fingerprint density at radius 2 is 2.13 bits per heavy atom. The van der Waals surface area contributed by atoms with Gasteiger partial charge in [-0.2, -0.15) is 5.10 Å². The predicted octanol–water partition coefficient (Wildman–Crippen LogP) is 2.73. The molecule has 0 saturated carbocycles. The molecule has 0 radical (unpaired) electrons. The van der Waals surface area contributed by atoms with Crippen LogP contribution in [0.15, 0.2) is 47.1 Å². The SMILES string of the molecule is COC(=O)c1ccc(-c2ccc(CNn3cn[nH]c3=S)o2)cc1. The fourth-order valence-electron chi connectivity index (χ4n) is 2.04. The molecule has 118 valence electrons. The highest BCUT2D eigenvalue weighted by molar-refractivity contribution is 7.71. The number of furan rings is 1. The van der Waals surface area contributed by atoms with E-state index >= 15 is 0 Å². The van der Waals surface area contributed by atoms with Gasteiger partial charge in [-0.3, -0.25) is 5.10 Å². The molecule has 2 heterocycles. The first-order valence-electron chi connectivity index (χ1n) is 6.81. The molecule has 23 heavy (non-hydrogen) atoms. The first-order chi connectivity index (χ1) is 11.2. The smallest absolute Gasteiger partial charge is 0.337 e. The number of H-pyrrole nitrogens is 1. The number of esters is 1. The maximum atomic E-state index is 11.4. The molecule has 0 amide bonds. The number of methoxy groups -OCH3 is 1. The summed E-state index contributed by atoms with van der Waals surface area (Å²) in [5, 5.41) is 6.47. The molecule has 0 saturated heterocycles. The molecule has 3 aromatic rings. The van der Waals surface area contributed by atoms with Crippen molar-refractivity contribution in [2.24, 2.45) is 0 Å². The second-order valence-electron chi connectivity index (χ2n) is 4.70. The Balaban J connectivity index is 1.70. The average Bonchev–Trinajstić information content (AvgIpc) is 3.21. The number of nitrogens with one attached hydrogen (secondary N) is 2. The van der Waals surface area contributed by atoms with Gasteiger partial charge in [-0.05, 0) is 36.5 Å². The summed E-state index contributed by atoms with van der Waals surface area (Å²) < 4.78 is 12.5. The first kappa shape index (κ1) is 15.0. The van der Waals surface area contributed by atoms with Crippen molar-refractivity contribution in [1.29, 1.82) is 0 Å². The van der Waals surface area contributed by atoms with Crippen molar-refractivity contribution in [2.75, 3.05) is 12.5 Å². The number of rotatable bonds is 5. The van der Waals surface area contributed by atoms with E-state index in [1.165, 1.54) is 7.11 Å². The van der Waals surface area contributed by atoms with E-state index < -0.39 is 0 Å². The zero-order valence-corrected chi connectivity index (χ0v) is 13.1. The van der Waals surface area contributed by atoms with Crippen LogP contribution in [0.25, 0.3) is 11.3 Å². The van der Waals surface area contributed by atoms with Crippen molar-refractivity contribution >= 4 is 18.2 Å². The Kier molecular flexibility index (Phi) is 4.24. The second kappa shape index (κ2) is 6.49. The lowest BCUT2D eigenvalue weighted by atomic mass is 10.1. The van der Waals surface area contributed by atoms with Gasteiger partial charge in [0.05, 0.1) is 19.2 Å². The van der Waals surface area contributed by atoms with Crippen molar-refractivity contribution in [2.45, 2.75) is 6.54 Å². The van der Waals surface area contributed by atoms with Gasteiger partial charge in [0.1, 0.15) is 17.8 Å². The lowest BCUT2D eigenvalue weighted by molar-refractivity contribution is 0.0601. The molecule has 0 atom stereocenters. The first-order valence-corrected chi connectivity index (χ1v) is 7.21. The maximum Gasteiger partial charge on any atom is 0.337 e. The molecule has 7 nitrogen and oxygen atoms in total. The van der Waals surface area contributed by atoms with E-state index in [0.29, 0.717) is 22.6 Å². The second-order valence-corrected chi connectivity index (χ2v) is 5.09. The van der Waals surface area contributed by atoms with Crippen molar-refractivity contribution in [1.82, 2.24) is 14.9 Å². The highest BCUT2D eigenvalue weighted by Crippen LogP contribution is 2.22. The third kappa shape index (κ3) is 3.32. The summed E-state index contributed by atoms with van der Waals surface area (Å²) in [6, 6.07) is 10.8. The fourth-order valence-corrected chi connectivity index (χ4v) is 2.20. The number of hydrogen-bond acceptors (Lipinski definition) is 6. The number of hydrogen-bond donors (Lipinski definition) is 2. The third-order valence-electron chi connectivity index (χ3n) is 3.23. The molecular formula is C15H14N4O3S. The van der Waals surface area contributed by atoms with Gasteiger partial charge in [0.15, 0.2) is 0 Å². The van der Waals surface area contributed by atoms with Crippen molar-refractivity contribution in [3.63, 3.8) is 0 Å². The summed E-state index contributed by atoms with van der Waals surface area (Å²) in [7, 11) is 1.36. The monoisotopic (exact) mass is 330 g/mol. The number of nitrogens with zero attached hydrogens (tertiary/aromatic N) is 2. The van der Waals surface area contributed by atoms with Crippen LogP contribution in [-0.2, 0) is 11.3 Å². The number of carbonyl (C=O) groups excluding carboxylic acids is 1. The minimum absolute atomic E-state index is 0.363. The van der Waals surface area contributed by atoms with Gasteiger partial charge < -0.3 is 14.6 Å². The number of aromatic nitrogens is 3. The van der Waals surface area contributed by atoms with Crippen LogP contribution >= 0.6 is 12.2 Å². The molecule has 0 unspecified atom stereocenters. The summed E-state index contributed by atoms with van der Waals surface area (Å²) in [5.74, 6) is 1.10. The highest BCUT2D eigenvalue weighted by atomic mass is 32.1. The van der Waals surface area contributed by atoms with Crippen molar-refractivity contribution in [3.8, 4) is 11.3 Å². The normalized spacial score (nSPS) is 10.5. The summed E-state index contributed by atoms with van der Waals surface area (Å²) >= 11 is 5.04. The summed E-state index contributed by atoms with van der Waals surface area (Å²) in [6.45, 7) is 0.466. The van der Waals surface area contributed by atoms with E-state index in [4.69, 9.17) is 16.6 Å². The average molecular weight is 330 g/mol. The van der Waals surface area contributed by atoms with Crippen LogP contribution in [0.4, 0.5) is 0 Å². The summed E-state index contributed by atoms with van der Waals surface area (Å²) in [6.07, 6.45) is 1.55. The largest absolute Gasteiger partial charge is 0.465 e. The topological polar surface area (TPSA) is 85.1 Å². The van der Waals surface area contributed by atoms with Crippen LogP contribution in [0.5, 0.6) is 0 Å². The Labute approximate surface area is 136 Å². The van der Waals surface area contributed by atoms with Crippen LogP contribution in [0, 0.1) is 4.77 Å². The van der Waals surface area contributed by atoms with Gasteiger partial charge in [0.2, 0.25) is 4.77 Å². The van der Waals surface area contributed by atoms with Gasteiger partial charge >= 0.3 is 5.97 Å². The van der Waals surface area contributed by atoms with Crippen LogP contribution in [-0.4, -0.2) is 28.0 Å². The Morgan fingerprint density at radius 3 is 2.78 bits per heavy atom. The zero-order chi connectivity index (χ0) is 16.2. The number of aromatic amines is 1. The maximum absolute atomic E-state index is 11.4. The number of carbonyl (C=O) groups is 1. The molecule has 2 aromatic heterocycles. The van der Waals surface area contributed by atoms with Crippen LogP contribution in [0.2, 0.25) is 0 Å². The van der Waals surface area contributed by atoms with Gasteiger partial charge in [0, 0.05) is 5.56 Å².